The van der Waals surface area contributed by atoms with E-state index in [1.165, 1.54) is 44.9 Å². The van der Waals surface area contributed by atoms with Crippen LogP contribution < -0.4 is 5.73 Å². The highest BCUT2D eigenvalue weighted by molar-refractivity contribution is 4.98. The van der Waals surface area contributed by atoms with E-state index in [1.807, 2.05) is 0 Å². The van der Waals surface area contributed by atoms with Gasteiger partial charge in [0.2, 0.25) is 5.89 Å². The first-order valence-electron chi connectivity index (χ1n) is 8.76. The predicted molar refractivity (Wildman–Crippen MR) is 85.3 cm³/mol. The van der Waals surface area contributed by atoms with Crippen LogP contribution in [0.1, 0.15) is 102 Å². The number of rotatable bonds is 6. The highest BCUT2D eigenvalue weighted by Crippen LogP contribution is 2.30. The van der Waals surface area contributed by atoms with E-state index in [9.17, 15) is 0 Å². The van der Waals surface area contributed by atoms with Crippen molar-refractivity contribution in [1.29, 1.82) is 0 Å². The maximum Gasteiger partial charge on any atom is 0.229 e. The van der Waals surface area contributed by atoms with Crippen LogP contribution >= 0.6 is 0 Å². The fourth-order valence-electron chi connectivity index (χ4n) is 3.20. The second-order valence-corrected chi connectivity index (χ2v) is 6.84. The highest BCUT2D eigenvalue weighted by atomic mass is 16.5. The van der Waals surface area contributed by atoms with E-state index in [1.54, 1.807) is 0 Å². The molecule has 4 heteroatoms. The average Bonchev–Trinajstić information content (AvgIpc) is 2.87. The summed E-state index contributed by atoms with van der Waals surface area (Å²) in [5.41, 5.74) is 5.80. The van der Waals surface area contributed by atoms with Gasteiger partial charge in [0.15, 0.2) is 5.82 Å². The van der Waals surface area contributed by atoms with Gasteiger partial charge in [-0.25, -0.2) is 0 Å². The summed E-state index contributed by atoms with van der Waals surface area (Å²) in [6, 6.07) is 0.283. The maximum absolute atomic E-state index is 5.80. The molecule has 1 aliphatic carbocycles. The largest absolute Gasteiger partial charge is 0.339 e. The zero-order chi connectivity index (χ0) is 15.1. The summed E-state index contributed by atoms with van der Waals surface area (Å²) >= 11 is 0. The van der Waals surface area contributed by atoms with Crippen LogP contribution in [0.3, 0.4) is 0 Å². The Morgan fingerprint density at radius 1 is 1.10 bits per heavy atom. The van der Waals surface area contributed by atoms with E-state index in [0.717, 1.165) is 31.0 Å². The molecule has 120 valence electrons. The molecule has 1 heterocycles. The van der Waals surface area contributed by atoms with Crippen LogP contribution in [-0.2, 0) is 0 Å². The molecule has 0 saturated heterocycles. The molecule has 2 N–H and O–H groups in total. The quantitative estimate of drug-likeness (QED) is 0.837. The van der Waals surface area contributed by atoms with E-state index in [-0.39, 0.29) is 6.04 Å². The molecule has 0 aromatic carbocycles. The van der Waals surface area contributed by atoms with Crippen molar-refractivity contribution >= 4 is 0 Å². The van der Waals surface area contributed by atoms with Crippen molar-refractivity contribution in [2.45, 2.75) is 95.9 Å². The summed E-state index contributed by atoms with van der Waals surface area (Å²) in [4.78, 5) is 4.69. The van der Waals surface area contributed by atoms with Crippen LogP contribution in [0.25, 0.3) is 0 Å². The van der Waals surface area contributed by atoms with Crippen molar-refractivity contribution in [2.75, 3.05) is 0 Å². The van der Waals surface area contributed by atoms with Crippen molar-refractivity contribution in [2.24, 2.45) is 5.73 Å². The number of aromatic nitrogens is 2. The molecule has 0 spiro atoms. The topological polar surface area (TPSA) is 64.9 Å². The molecule has 2 rings (SSSR count). The van der Waals surface area contributed by atoms with Gasteiger partial charge < -0.3 is 10.3 Å². The minimum absolute atomic E-state index is 0.283. The van der Waals surface area contributed by atoms with Gasteiger partial charge in [-0.15, -0.1) is 0 Å². The molecule has 1 fully saturated rings. The molecule has 0 radical (unpaired) electrons. The van der Waals surface area contributed by atoms with Crippen molar-refractivity contribution < 1.29 is 4.52 Å². The first-order chi connectivity index (χ1) is 10.2. The van der Waals surface area contributed by atoms with Crippen LogP contribution in [0.2, 0.25) is 0 Å². The van der Waals surface area contributed by atoms with Gasteiger partial charge in [-0.2, -0.15) is 4.98 Å². The number of hydrogen-bond donors (Lipinski definition) is 1. The molecule has 4 nitrogen and oxygen atoms in total. The predicted octanol–water partition coefficient (Wildman–Crippen LogP) is 4.52. The first-order valence-corrected chi connectivity index (χ1v) is 8.76. The van der Waals surface area contributed by atoms with E-state index in [2.05, 4.69) is 19.0 Å². The second kappa shape index (κ2) is 8.52. The lowest BCUT2D eigenvalue weighted by Crippen LogP contribution is -2.14. The Hall–Kier alpha value is -0.900. The van der Waals surface area contributed by atoms with Crippen molar-refractivity contribution in [3.8, 4) is 0 Å². The van der Waals surface area contributed by atoms with Crippen LogP contribution in [0.5, 0.6) is 0 Å². The van der Waals surface area contributed by atoms with E-state index in [0.29, 0.717) is 11.8 Å². The lowest BCUT2D eigenvalue weighted by molar-refractivity contribution is 0.339. The summed E-state index contributed by atoms with van der Waals surface area (Å²) in [5.74, 6) is 2.63. The Bertz CT molecular complexity index is 394. The Morgan fingerprint density at radius 3 is 2.43 bits per heavy atom. The molecule has 2 atom stereocenters. The van der Waals surface area contributed by atoms with Gasteiger partial charge in [0.1, 0.15) is 0 Å². The fraction of sp³-hybridized carbons (Fsp3) is 0.882. The smallest absolute Gasteiger partial charge is 0.229 e. The molecule has 2 unspecified atom stereocenters. The lowest BCUT2D eigenvalue weighted by atomic mass is 9.91. The summed E-state index contributed by atoms with van der Waals surface area (Å²) in [7, 11) is 0. The molecule has 1 aromatic rings. The monoisotopic (exact) mass is 293 g/mol. The molecule has 1 aliphatic rings. The third kappa shape index (κ3) is 5.42. The zero-order valence-corrected chi connectivity index (χ0v) is 13.7. The minimum atomic E-state index is 0.283. The molecule has 21 heavy (non-hydrogen) atoms. The van der Waals surface area contributed by atoms with Crippen molar-refractivity contribution in [1.82, 2.24) is 10.1 Å². The molecule has 0 aliphatic heterocycles. The summed E-state index contributed by atoms with van der Waals surface area (Å²) in [5, 5.41) is 4.27. The second-order valence-electron chi connectivity index (χ2n) is 6.84. The Morgan fingerprint density at radius 2 is 1.76 bits per heavy atom. The number of hydrogen-bond acceptors (Lipinski definition) is 4. The molecule has 1 saturated carbocycles. The third-order valence-corrected chi connectivity index (χ3v) is 4.65. The van der Waals surface area contributed by atoms with Crippen LogP contribution in [0.4, 0.5) is 0 Å². The van der Waals surface area contributed by atoms with Gasteiger partial charge in [-0.1, -0.05) is 50.6 Å². The van der Waals surface area contributed by atoms with Gasteiger partial charge in [0.05, 0.1) is 0 Å². The molecule has 0 bridgehead atoms. The standard InChI is InChI=1S/C17H31N3O/c1-13(9-8-10-14(2)18)17-19-16(20-21-17)15-11-6-4-3-5-7-12-15/h13-15H,3-12,18H2,1-2H3. The molecular weight excluding hydrogens is 262 g/mol. The summed E-state index contributed by atoms with van der Waals surface area (Å²) < 4.78 is 5.52. The van der Waals surface area contributed by atoms with Gasteiger partial charge in [0, 0.05) is 17.9 Å². The first kappa shape index (κ1) is 16.5. The lowest BCUT2D eigenvalue weighted by Gasteiger charge is -2.15. The highest BCUT2D eigenvalue weighted by Gasteiger charge is 2.21. The van der Waals surface area contributed by atoms with Gasteiger partial charge in [-0.05, 0) is 32.6 Å². The van der Waals surface area contributed by atoms with E-state index < -0.39 is 0 Å². The average molecular weight is 293 g/mol. The third-order valence-electron chi connectivity index (χ3n) is 4.65. The minimum Gasteiger partial charge on any atom is -0.339 e. The van der Waals surface area contributed by atoms with Crippen molar-refractivity contribution in [3.63, 3.8) is 0 Å². The van der Waals surface area contributed by atoms with Crippen LogP contribution in [0, 0.1) is 0 Å². The Labute approximate surface area is 128 Å². The molecule has 0 amide bonds. The Balaban J connectivity index is 1.87. The van der Waals surface area contributed by atoms with Gasteiger partial charge in [-0.3, -0.25) is 0 Å². The Kier molecular flexibility index (Phi) is 6.68. The van der Waals surface area contributed by atoms with Crippen LogP contribution in [0.15, 0.2) is 4.52 Å². The molecule has 1 aromatic heterocycles. The normalized spacial score (nSPS) is 20.7. The van der Waals surface area contributed by atoms with E-state index >= 15 is 0 Å². The maximum atomic E-state index is 5.80. The number of nitrogens with zero attached hydrogens (tertiary/aromatic N) is 2. The molecular formula is C17H31N3O. The van der Waals surface area contributed by atoms with Crippen molar-refractivity contribution in [3.05, 3.63) is 11.7 Å². The summed E-state index contributed by atoms with van der Waals surface area (Å²) in [6.45, 7) is 4.24. The van der Waals surface area contributed by atoms with E-state index in [4.69, 9.17) is 15.2 Å². The van der Waals surface area contributed by atoms with Gasteiger partial charge >= 0.3 is 0 Å². The zero-order valence-electron chi connectivity index (χ0n) is 13.7. The van der Waals surface area contributed by atoms with Gasteiger partial charge in [0.25, 0.3) is 0 Å². The SMILES string of the molecule is CC(N)CCCC(C)c1nc(C2CCCCCCC2)no1. The fourth-order valence-corrected chi connectivity index (χ4v) is 3.20. The number of nitrogens with two attached hydrogens (primary N) is 1. The van der Waals surface area contributed by atoms with Crippen LogP contribution in [-0.4, -0.2) is 16.2 Å². The summed E-state index contributed by atoms with van der Waals surface area (Å²) in [6.07, 6.45) is 12.4.